The van der Waals surface area contributed by atoms with E-state index in [1.807, 2.05) is 6.20 Å². The molecule has 0 bridgehead atoms. The van der Waals surface area contributed by atoms with Crippen molar-refractivity contribution in [3.63, 3.8) is 0 Å². The molecule has 0 amide bonds. The maximum atomic E-state index is 8.80. The van der Waals surface area contributed by atoms with Gasteiger partial charge in [-0.1, -0.05) is 5.21 Å². The Bertz CT molecular complexity index is 660. The lowest BCUT2D eigenvalue weighted by molar-refractivity contribution is 0.288. The van der Waals surface area contributed by atoms with Gasteiger partial charge in [0.05, 0.1) is 17.9 Å². The molecule has 20 heavy (non-hydrogen) atoms. The van der Waals surface area contributed by atoms with Crippen molar-refractivity contribution in [2.45, 2.75) is 19.4 Å². The number of aryl methyl sites for hydroxylation is 1. The number of hydrogen-bond acceptors (Lipinski definition) is 6. The number of nitrogens with zero attached hydrogens (tertiary/aromatic N) is 4. The fraction of sp³-hybridized carbons (Fsp3) is 0.308. The molecule has 0 aromatic carbocycles. The summed E-state index contributed by atoms with van der Waals surface area (Å²) in [6.07, 6.45) is 3.39. The lowest BCUT2D eigenvalue weighted by Crippen LogP contribution is -2.00. The molecule has 5 nitrogen and oxygen atoms in total. The Labute approximate surface area is 124 Å². The van der Waals surface area contributed by atoms with Gasteiger partial charge in [0.15, 0.2) is 0 Å². The van der Waals surface area contributed by atoms with Crippen molar-refractivity contribution in [1.29, 1.82) is 0 Å². The monoisotopic (exact) mass is 306 g/mol. The van der Waals surface area contributed by atoms with E-state index in [9.17, 15) is 0 Å². The van der Waals surface area contributed by atoms with Gasteiger partial charge in [0.25, 0.3) is 0 Å². The molecule has 0 fully saturated rings. The highest BCUT2D eigenvalue weighted by Crippen LogP contribution is 2.25. The minimum Gasteiger partial charge on any atom is -0.396 e. The first-order valence-electron chi connectivity index (χ1n) is 6.32. The van der Waals surface area contributed by atoms with Crippen LogP contribution >= 0.6 is 22.7 Å². The highest BCUT2D eigenvalue weighted by molar-refractivity contribution is 7.14. The maximum absolute atomic E-state index is 8.80. The van der Waals surface area contributed by atoms with E-state index >= 15 is 0 Å². The Hall–Kier alpha value is -1.57. The summed E-state index contributed by atoms with van der Waals surface area (Å²) in [6, 6.07) is 2.08. The van der Waals surface area contributed by atoms with Gasteiger partial charge in [-0.3, -0.25) is 0 Å². The molecule has 0 aliphatic rings. The third-order valence-corrected chi connectivity index (χ3v) is 4.44. The van der Waals surface area contributed by atoms with Gasteiger partial charge in [0.1, 0.15) is 5.01 Å². The Morgan fingerprint density at radius 2 is 2.20 bits per heavy atom. The number of aromatic nitrogens is 4. The predicted octanol–water partition coefficient (Wildman–Crippen LogP) is 2.44. The van der Waals surface area contributed by atoms with Crippen LogP contribution in [-0.4, -0.2) is 31.7 Å². The van der Waals surface area contributed by atoms with Gasteiger partial charge in [-0.2, -0.15) is 11.3 Å². The van der Waals surface area contributed by atoms with Crippen LogP contribution in [0.25, 0.3) is 10.6 Å². The quantitative estimate of drug-likeness (QED) is 0.760. The fourth-order valence-corrected chi connectivity index (χ4v) is 3.38. The highest BCUT2D eigenvalue weighted by atomic mass is 32.1. The second kappa shape index (κ2) is 6.25. The summed E-state index contributed by atoms with van der Waals surface area (Å²) < 4.78 is 1.79. The van der Waals surface area contributed by atoms with Crippen LogP contribution in [0, 0.1) is 0 Å². The van der Waals surface area contributed by atoms with E-state index in [1.54, 1.807) is 27.4 Å². The molecule has 3 rings (SSSR count). The minimum absolute atomic E-state index is 0.183. The average molecular weight is 306 g/mol. The first kappa shape index (κ1) is 13.4. The summed E-state index contributed by atoms with van der Waals surface area (Å²) in [5.41, 5.74) is 3.08. The third kappa shape index (κ3) is 3.12. The van der Waals surface area contributed by atoms with Crippen molar-refractivity contribution < 1.29 is 5.11 Å². The summed E-state index contributed by atoms with van der Waals surface area (Å²) in [7, 11) is 0. The minimum atomic E-state index is 0.183. The van der Waals surface area contributed by atoms with Gasteiger partial charge in [-0.25, -0.2) is 9.67 Å². The Kier molecular flexibility index (Phi) is 4.19. The second-order valence-electron chi connectivity index (χ2n) is 4.39. The van der Waals surface area contributed by atoms with E-state index in [0.717, 1.165) is 29.2 Å². The molecule has 0 unspecified atom stereocenters. The molecule has 7 heteroatoms. The molecule has 1 N–H and O–H groups in total. The molecule has 3 heterocycles. The molecule has 0 spiro atoms. The zero-order valence-electron chi connectivity index (χ0n) is 10.8. The molecule has 3 aromatic rings. The number of rotatable bonds is 6. The van der Waals surface area contributed by atoms with Gasteiger partial charge < -0.3 is 5.11 Å². The van der Waals surface area contributed by atoms with Crippen LogP contribution < -0.4 is 0 Å². The smallest absolute Gasteiger partial charge is 0.124 e. The van der Waals surface area contributed by atoms with Crippen LogP contribution in [0.2, 0.25) is 0 Å². The molecule has 0 atom stereocenters. The van der Waals surface area contributed by atoms with E-state index < -0.39 is 0 Å². The summed E-state index contributed by atoms with van der Waals surface area (Å²) >= 11 is 3.33. The van der Waals surface area contributed by atoms with Crippen molar-refractivity contribution in [2.24, 2.45) is 0 Å². The molecular weight excluding hydrogens is 292 g/mol. The number of aliphatic hydroxyl groups excluding tert-OH is 1. The van der Waals surface area contributed by atoms with Crippen molar-refractivity contribution in [3.8, 4) is 10.6 Å². The lowest BCUT2D eigenvalue weighted by atomic mass is 10.3. The van der Waals surface area contributed by atoms with Crippen LogP contribution in [0.3, 0.4) is 0 Å². The summed E-state index contributed by atoms with van der Waals surface area (Å²) in [5.74, 6) is 0. The molecule has 3 aromatic heterocycles. The fourth-order valence-electron chi connectivity index (χ4n) is 1.85. The Morgan fingerprint density at radius 3 is 3.00 bits per heavy atom. The van der Waals surface area contributed by atoms with Crippen molar-refractivity contribution in [2.75, 3.05) is 6.61 Å². The SMILES string of the molecule is OCCCc1cn(Cc2csc(-c3ccsc3)n2)nn1. The van der Waals surface area contributed by atoms with Crippen LogP contribution in [0.15, 0.2) is 28.4 Å². The summed E-state index contributed by atoms with van der Waals surface area (Å²) in [6.45, 7) is 0.815. The first-order chi connectivity index (χ1) is 9.85. The van der Waals surface area contributed by atoms with Crippen LogP contribution in [0.5, 0.6) is 0 Å². The zero-order chi connectivity index (χ0) is 13.8. The molecular formula is C13H14N4OS2. The van der Waals surface area contributed by atoms with Gasteiger partial charge >= 0.3 is 0 Å². The van der Waals surface area contributed by atoms with Crippen LogP contribution in [0.4, 0.5) is 0 Å². The van der Waals surface area contributed by atoms with Crippen molar-refractivity contribution in [1.82, 2.24) is 20.0 Å². The van der Waals surface area contributed by atoms with Crippen LogP contribution in [-0.2, 0) is 13.0 Å². The second-order valence-corrected chi connectivity index (χ2v) is 6.03. The van der Waals surface area contributed by atoms with E-state index in [2.05, 4.69) is 37.5 Å². The van der Waals surface area contributed by atoms with Crippen molar-refractivity contribution >= 4 is 22.7 Å². The van der Waals surface area contributed by atoms with E-state index in [1.165, 1.54) is 5.56 Å². The Balaban J connectivity index is 1.67. The molecule has 0 radical (unpaired) electrons. The standard InChI is InChI=1S/C13H14N4OS2/c18-4-1-2-11-6-17(16-15-11)7-12-9-20-13(14-12)10-3-5-19-8-10/h3,5-6,8-9,18H,1-2,4,7H2. The zero-order valence-corrected chi connectivity index (χ0v) is 12.4. The topological polar surface area (TPSA) is 63.8 Å². The molecule has 0 aliphatic heterocycles. The van der Waals surface area contributed by atoms with Crippen molar-refractivity contribution in [3.05, 3.63) is 39.8 Å². The number of thiophene rings is 1. The average Bonchev–Trinajstić information content (AvgIpc) is 3.18. The number of aliphatic hydroxyl groups is 1. The Morgan fingerprint density at radius 1 is 1.25 bits per heavy atom. The predicted molar refractivity (Wildman–Crippen MR) is 80.0 cm³/mol. The highest BCUT2D eigenvalue weighted by Gasteiger charge is 2.07. The van der Waals surface area contributed by atoms with Gasteiger partial charge in [0.2, 0.25) is 0 Å². The summed E-state index contributed by atoms with van der Waals surface area (Å²) in [5, 5.41) is 24.2. The third-order valence-electron chi connectivity index (χ3n) is 2.82. The number of thiazole rings is 1. The first-order valence-corrected chi connectivity index (χ1v) is 8.14. The normalized spacial score (nSPS) is 11.1. The van der Waals surface area contributed by atoms with Gasteiger partial charge in [-0.15, -0.1) is 16.4 Å². The maximum Gasteiger partial charge on any atom is 0.124 e. The van der Waals surface area contributed by atoms with Crippen LogP contribution in [0.1, 0.15) is 17.8 Å². The lowest BCUT2D eigenvalue weighted by Gasteiger charge is -1.95. The largest absolute Gasteiger partial charge is 0.396 e. The number of hydrogen-bond donors (Lipinski definition) is 1. The van der Waals surface area contributed by atoms with Gasteiger partial charge in [-0.05, 0) is 24.3 Å². The summed E-state index contributed by atoms with van der Waals surface area (Å²) in [4.78, 5) is 4.62. The molecule has 0 saturated carbocycles. The van der Waals surface area contributed by atoms with Gasteiger partial charge in [0, 0.05) is 29.1 Å². The molecule has 0 saturated heterocycles. The van der Waals surface area contributed by atoms with E-state index in [4.69, 9.17) is 5.11 Å². The van der Waals surface area contributed by atoms with E-state index in [0.29, 0.717) is 6.54 Å². The molecule has 0 aliphatic carbocycles. The molecule has 104 valence electrons. The van der Waals surface area contributed by atoms with E-state index in [-0.39, 0.29) is 6.61 Å².